The summed E-state index contributed by atoms with van der Waals surface area (Å²) in [6.45, 7) is 2.13. The van der Waals surface area contributed by atoms with E-state index in [0.29, 0.717) is 6.54 Å². The normalized spacial score (nSPS) is 16.1. The van der Waals surface area contributed by atoms with E-state index in [1.807, 2.05) is 0 Å². The minimum Gasteiger partial charge on any atom is -0.449 e. The molecular formula is C11H14N4O4. The number of ether oxygens (including phenoxy) is 1. The molecule has 1 fully saturated rings. The molecule has 0 aromatic carbocycles. The van der Waals surface area contributed by atoms with Gasteiger partial charge in [-0.3, -0.25) is 14.4 Å². The van der Waals surface area contributed by atoms with Crippen molar-refractivity contribution in [3.8, 4) is 0 Å². The smallest absolute Gasteiger partial charge is 0.342 e. The van der Waals surface area contributed by atoms with E-state index in [-0.39, 0.29) is 12.1 Å². The van der Waals surface area contributed by atoms with Crippen molar-refractivity contribution in [3.63, 3.8) is 0 Å². The van der Waals surface area contributed by atoms with Crippen LogP contribution in [0.1, 0.15) is 17.3 Å². The molecule has 0 spiro atoms. The van der Waals surface area contributed by atoms with Crippen LogP contribution in [0.15, 0.2) is 12.4 Å². The number of nitrogens with one attached hydrogen (secondary N) is 1. The van der Waals surface area contributed by atoms with Crippen LogP contribution in [-0.4, -0.2) is 51.8 Å². The van der Waals surface area contributed by atoms with Gasteiger partial charge in [0.1, 0.15) is 0 Å². The molecule has 1 N–H and O–H groups in total. The van der Waals surface area contributed by atoms with E-state index >= 15 is 0 Å². The second kappa shape index (κ2) is 5.09. The number of nitrogens with zero attached hydrogens (tertiary/aromatic N) is 3. The van der Waals surface area contributed by atoms with Gasteiger partial charge in [-0.05, 0) is 6.92 Å². The first-order chi connectivity index (χ1) is 8.99. The predicted molar refractivity (Wildman–Crippen MR) is 63.2 cm³/mol. The Kier molecular flexibility index (Phi) is 3.50. The summed E-state index contributed by atoms with van der Waals surface area (Å²) in [7, 11) is 1.67. The number of urea groups is 1. The van der Waals surface area contributed by atoms with Crippen LogP contribution in [0.5, 0.6) is 0 Å². The number of esters is 1. The monoisotopic (exact) mass is 266 g/mol. The quantitative estimate of drug-likeness (QED) is 0.746. The van der Waals surface area contributed by atoms with Crippen molar-refractivity contribution >= 4 is 17.9 Å². The standard InChI is InChI=1S/C11H14N4O4/c1-7(9(16)15-4-3-12-11(15)18)19-10(17)8-5-13-14(2)6-8/h5-7H,3-4H2,1-2H3,(H,12,18)/t7-/m0/s1. The predicted octanol–water partition coefficient (Wildman–Crippen LogP) is -0.483. The van der Waals surface area contributed by atoms with Gasteiger partial charge < -0.3 is 10.1 Å². The minimum absolute atomic E-state index is 0.257. The second-order valence-corrected chi connectivity index (χ2v) is 4.17. The fourth-order valence-electron chi connectivity index (χ4n) is 1.71. The third kappa shape index (κ3) is 2.72. The SMILES string of the molecule is C[C@H](OC(=O)c1cnn(C)c1)C(=O)N1CCNC1=O. The number of hydrogen-bond acceptors (Lipinski definition) is 5. The zero-order chi connectivity index (χ0) is 14.0. The van der Waals surface area contributed by atoms with Gasteiger partial charge in [0.15, 0.2) is 6.10 Å². The number of hydrogen-bond donors (Lipinski definition) is 1. The first-order valence-electron chi connectivity index (χ1n) is 5.78. The lowest BCUT2D eigenvalue weighted by atomic mass is 10.3. The number of imide groups is 1. The van der Waals surface area contributed by atoms with Crippen LogP contribution in [0, 0.1) is 0 Å². The first kappa shape index (κ1) is 13.1. The van der Waals surface area contributed by atoms with Crippen LogP contribution in [0.2, 0.25) is 0 Å². The maximum atomic E-state index is 11.9. The van der Waals surface area contributed by atoms with Crippen molar-refractivity contribution in [2.45, 2.75) is 13.0 Å². The fourth-order valence-corrected chi connectivity index (χ4v) is 1.71. The maximum absolute atomic E-state index is 11.9. The minimum atomic E-state index is -1.02. The van der Waals surface area contributed by atoms with Crippen molar-refractivity contribution in [3.05, 3.63) is 18.0 Å². The molecule has 1 atom stereocenters. The molecule has 2 rings (SSSR count). The van der Waals surface area contributed by atoms with Gasteiger partial charge in [0.05, 0.1) is 11.8 Å². The van der Waals surface area contributed by atoms with Crippen molar-refractivity contribution < 1.29 is 19.1 Å². The van der Waals surface area contributed by atoms with E-state index in [9.17, 15) is 14.4 Å². The van der Waals surface area contributed by atoms with Crippen LogP contribution in [0.4, 0.5) is 4.79 Å². The Labute approximate surface area is 109 Å². The Morgan fingerprint density at radius 1 is 1.53 bits per heavy atom. The summed E-state index contributed by atoms with van der Waals surface area (Å²) in [6.07, 6.45) is 1.82. The summed E-state index contributed by atoms with van der Waals surface area (Å²) in [5, 5.41) is 6.34. The third-order valence-corrected chi connectivity index (χ3v) is 2.69. The van der Waals surface area contributed by atoms with Gasteiger partial charge in [0.2, 0.25) is 0 Å². The average molecular weight is 266 g/mol. The molecular weight excluding hydrogens is 252 g/mol. The highest BCUT2D eigenvalue weighted by Crippen LogP contribution is 2.07. The van der Waals surface area contributed by atoms with Gasteiger partial charge in [-0.15, -0.1) is 0 Å². The largest absolute Gasteiger partial charge is 0.449 e. The lowest BCUT2D eigenvalue weighted by Crippen LogP contribution is -2.41. The summed E-state index contributed by atoms with van der Waals surface area (Å²) in [5.41, 5.74) is 0.257. The Hall–Kier alpha value is -2.38. The molecule has 1 aromatic heterocycles. The number of aryl methyl sites for hydroxylation is 1. The lowest BCUT2D eigenvalue weighted by molar-refractivity contribution is -0.136. The summed E-state index contributed by atoms with van der Waals surface area (Å²) >= 11 is 0. The molecule has 1 aliphatic rings. The molecule has 1 aromatic rings. The zero-order valence-electron chi connectivity index (χ0n) is 10.6. The topological polar surface area (TPSA) is 93.5 Å². The fraction of sp³-hybridized carbons (Fsp3) is 0.455. The van der Waals surface area contributed by atoms with Crippen molar-refractivity contribution in [1.82, 2.24) is 20.0 Å². The van der Waals surface area contributed by atoms with Gasteiger partial charge in [0.25, 0.3) is 5.91 Å². The molecule has 0 bridgehead atoms. The number of aromatic nitrogens is 2. The van der Waals surface area contributed by atoms with Gasteiger partial charge in [-0.25, -0.2) is 9.59 Å². The molecule has 0 saturated carbocycles. The molecule has 102 valence electrons. The van der Waals surface area contributed by atoms with E-state index < -0.39 is 24.0 Å². The van der Waals surface area contributed by atoms with Crippen molar-refractivity contribution in [1.29, 1.82) is 0 Å². The zero-order valence-corrected chi connectivity index (χ0v) is 10.6. The Morgan fingerprint density at radius 3 is 2.79 bits per heavy atom. The molecule has 0 radical (unpaired) electrons. The van der Waals surface area contributed by atoms with E-state index in [2.05, 4.69) is 10.4 Å². The van der Waals surface area contributed by atoms with Crippen molar-refractivity contribution in [2.75, 3.05) is 13.1 Å². The third-order valence-electron chi connectivity index (χ3n) is 2.69. The van der Waals surface area contributed by atoms with Crippen LogP contribution in [-0.2, 0) is 16.6 Å². The van der Waals surface area contributed by atoms with Crippen LogP contribution >= 0.6 is 0 Å². The van der Waals surface area contributed by atoms with Crippen LogP contribution in [0.3, 0.4) is 0 Å². The molecule has 0 aliphatic carbocycles. The molecule has 8 nitrogen and oxygen atoms in total. The van der Waals surface area contributed by atoms with Crippen LogP contribution < -0.4 is 5.32 Å². The van der Waals surface area contributed by atoms with E-state index in [4.69, 9.17) is 4.74 Å². The number of carbonyl (C=O) groups excluding carboxylic acids is 3. The lowest BCUT2D eigenvalue weighted by Gasteiger charge is -2.17. The molecule has 3 amide bonds. The van der Waals surface area contributed by atoms with Gasteiger partial charge in [-0.2, -0.15) is 5.10 Å². The highest BCUT2D eigenvalue weighted by molar-refractivity contribution is 5.99. The molecule has 8 heteroatoms. The van der Waals surface area contributed by atoms with E-state index in [0.717, 1.165) is 4.90 Å². The Balaban J connectivity index is 1.97. The van der Waals surface area contributed by atoms with Gasteiger partial charge in [0, 0.05) is 26.3 Å². The second-order valence-electron chi connectivity index (χ2n) is 4.17. The summed E-state index contributed by atoms with van der Waals surface area (Å²) in [4.78, 5) is 36.0. The molecule has 0 unspecified atom stereocenters. The molecule has 19 heavy (non-hydrogen) atoms. The van der Waals surface area contributed by atoms with E-state index in [1.54, 1.807) is 7.05 Å². The maximum Gasteiger partial charge on any atom is 0.342 e. The average Bonchev–Trinajstić information content (AvgIpc) is 2.97. The molecule has 1 aliphatic heterocycles. The summed E-state index contributed by atoms with van der Waals surface area (Å²) < 4.78 is 6.46. The van der Waals surface area contributed by atoms with E-state index in [1.165, 1.54) is 24.0 Å². The summed E-state index contributed by atoms with van der Waals surface area (Å²) in [6, 6.07) is -0.464. The highest BCUT2D eigenvalue weighted by atomic mass is 16.5. The van der Waals surface area contributed by atoms with Gasteiger partial charge in [-0.1, -0.05) is 0 Å². The number of carbonyl (C=O) groups is 3. The molecule has 1 saturated heterocycles. The van der Waals surface area contributed by atoms with Gasteiger partial charge >= 0.3 is 12.0 Å². The van der Waals surface area contributed by atoms with Crippen molar-refractivity contribution in [2.24, 2.45) is 7.05 Å². The molecule has 2 heterocycles. The summed E-state index contributed by atoms with van der Waals surface area (Å²) in [5.74, 6) is -1.18. The van der Waals surface area contributed by atoms with Crippen LogP contribution in [0.25, 0.3) is 0 Å². The Bertz CT molecular complexity index is 525. The number of rotatable bonds is 3. The first-order valence-corrected chi connectivity index (χ1v) is 5.78. The number of amides is 3. The Morgan fingerprint density at radius 2 is 2.26 bits per heavy atom. The highest BCUT2D eigenvalue weighted by Gasteiger charge is 2.31.